The van der Waals surface area contributed by atoms with Gasteiger partial charge >= 0.3 is 0 Å². The molecular weight excluding hydrogens is 326 g/mol. The maximum Gasteiger partial charge on any atom is 0.232 e. The van der Waals surface area contributed by atoms with Crippen molar-refractivity contribution < 1.29 is 4.74 Å². The van der Waals surface area contributed by atoms with Gasteiger partial charge in [0.1, 0.15) is 9.61 Å². The Kier molecular flexibility index (Phi) is 3.20. The molecule has 96 valence electrons. The van der Waals surface area contributed by atoms with Gasteiger partial charge in [-0.1, -0.05) is 0 Å². The van der Waals surface area contributed by atoms with Crippen molar-refractivity contribution in [3.63, 3.8) is 0 Å². The molecule has 3 aromatic rings. The maximum absolute atomic E-state index is 5.12. The van der Waals surface area contributed by atoms with E-state index in [0.717, 1.165) is 31.8 Å². The predicted octanol–water partition coefficient (Wildman–Crippen LogP) is 3.83. The Morgan fingerprint density at radius 2 is 2.11 bits per heavy atom. The van der Waals surface area contributed by atoms with E-state index in [1.165, 1.54) is 0 Å². The van der Waals surface area contributed by atoms with E-state index in [2.05, 4.69) is 36.9 Å². The molecule has 2 heterocycles. The smallest absolute Gasteiger partial charge is 0.232 e. The van der Waals surface area contributed by atoms with Crippen LogP contribution in [0, 0.1) is 6.92 Å². The lowest BCUT2D eigenvalue weighted by Crippen LogP contribution is -1.93. The van der Waals surface area contributed by atoms with Crippen LogP contribution >= 0.6 is 27.3 Å². The van der Waals surface area contributed by atoms with Crippen molar-refractivity contribution in [3.8, 4) is 16.5 Å². The number of fused-ring (bicyclic) bond motifs is 1. The van der Waals surface area contributed by atoms with Gasteiger partial charge < -0.3 is 4.74 Å². The van der Waals surface area contributed by atoms with E-state index >= 15 is 0 Å². The summed E-state index contributed by atoms with van der Waals surface area (Å²) < 4.78 is 5.95. The SMILES string of the molecule is COc1cnc2c(-c3nc(Br)cs3)cc(C)cc2n1. The number of rotatable bonds is 2. The normalized spacial score (nSPS) is 10.9. The first kappa shape index (κ1) is 12.5. The average molecular weight is 336 g/mol. The lowest BCUT2D eigenvalue weighted by Gasteiger charge is -2.06. The third-order valence-electron chi connectivity index (χ3n) is 2.68. The zero-order valence-corrected chi connectivity index (χ0v) is 12.7. The van der Waals surface area contributed by atoms with Gasteiger partial charge in [0.2, 0.25) is 5.88 Å². The second kappa shape index (κ2) is 4.86. The van der Waals surface area contributed by atoms with Gasteiger partial charge in [-0.2, -0.15) is 0 Å². The highest BCUT2D eigenvalue weighted by Gasteiger charge is 2.11. The molecule has 0 spiro atoms. The molecule has 0 aliphatic carbocycles. The second-order valence-corrected chi connectivity index (χ2v) is 5.74. The number of aryl methyl sites for hydroxylation is 1. The average Bonchev–Trinajstić information content (AvgIpc) is 2.83. The van der Waals surface area contributed by atoms with Gasteiger partial charge in [-0.25, -0.2) is 15.0 Å². The second-order valence-electron chi connectivity index (χ2n) is 4.07. The first-order valence-electron chi connectivity index (χ1n) is 5.60. The largest absolute Gasteiger partial charge is 0.480 e. The monoisotopic (exact) mass is 335 g/mol. The van der Waals surface area contributed by atoms with Crippen molar-refractivity contribution in [1.82, 2.24) is 15.0 Å². The fraction of sp³-hybridized carbons (Fsp3) is 0.154. The van der Waals surface area contributed by atoms with Gasteiger partial charge in [-0.15, -0.1) is 11.3 Å². The Balaban J connectivity index is 2.29. The van der Waals surface area contributed by atoms with Crippen LogP contribution in [0.2, 0.25) is 0 Å². The number of aromatic nitrogens is 3. The zero-order valence-electron chi connectivity index (χ0n) is 10.3. The van der Waals surface area contributed by atoms with Gasteiger partial charge in [-0.3, -0.25) is 0 Å². The van der Waals surface area contributed by atoms with E-state index in [-0.39, 0.29) is 0 Å². The molecule has 0 fully saturated rings. The van der Waals surface area contributed by atoms with Crippen molar-refractivity contribution in [2.45, 2.75) is 6.92 Å². The Hall–Kier alpha value is -1.53. The third-order valence-corrected chi connectivity index (χ3v) is 4.27. The molecule has 3 rings (SSSR count). The number of benzene rings is 1. The summed E-state index contributed by atoms with van der Waals surface area (Å²) in [6.07, 6.45) is 1.63. The number of hydrogen-bond acceptors (Lipinski definition) is 5. The standard InChI is InChI=1S/C13H10BrN3OS/c1-7-3-8(13-17-10(14)6-19-13)12-9(4-7)16-11(18-2)5-15-12/h3-6H,1-2H3. The molecule has 0 unspecified atom stereocenters. The van der Waals surface area contributed by atoms with Crippen LogP contribution in [0.4, 0.5) is 0 Å². The summed E-state index contributed by atoms with van der Waals surface area (Å²) in [6, 6.07) is 4.08. The molecule has 0 aliphatic heterocycles. The van der Waals surface area contributed by atoms with Crippen molar-refractivity contribution in [2.75, 3.05) is 7.11 Å². The van der Waals surface area contributed by atoms with E-state index in [4.69, 9.17) is 4.74 Å². The number of hydrogen-bond donors (Lipinski definition) is 0. The van der Waals surface area contributed by atoms with Crippen LogP contribution in [-0.2, 0) is 0 Å². The van der Waals surface area contributed by atoms with Gasteiger partial charge in [0, 0.05) is 10.9 Å². The molecule has 0 amide bonds. The van der Waals surface area contributed by atoms with E-state index in [9.17, 15) is 0 Å². The summed E-state index contributed by atoms with van der Waals surface area (Å²) >= 11 is 4.96. The summed E-state index contributed by atoms with van der Waals surface area (Å²) in [5, 5.41) is 2.89. The Labute approximate surface area is 122 Å². The van der Waals surface area contributed by atoms with Crippen LogP contribution in [-0.4, -0.2) is 22.1 Å². The molecule has 0 aliphatic rings. The predicted molar refractivity (Wildman–Crippen MR) is 79.6 cm³/mol. The molecule has 6 heteroatoms. The van der Waals surface area contributed by atoms with Crippen LogP contribution in [0.1, 0.15) is 5.56 Å². The number of methoxy groups -OCH3 is 1. The first-order chi connectivity index (χ1) is 9.17. The van der Waals surface area contributed by atoms with E-state index < -0.39 is 0 Å². The van der Waals surface area contributed by atoms with Crippen LogP contribution < -0.4 is 4.74 Å². The number of halogens is 1. The van der Waals surface area contributed by atoms with Gasteiger partial charge in [-0.05, 0) is 40.5 Å². The zero-order chi connectivity index (χ0) is 13.4. The van der Waals surface area contributed by atoms with E-state index in [0.29, 0.717) is 5.88 Å². The van der Waals surface area contributed by atoms with Crippen molar-refractivity contribution in [3.05, 3.63) is 33.9 Å². The summed E-state index contributed by atoms with van der Waals surface area (Å²) in [6.45, 7) is 2.03. The summed E-state index contributed by atoms with van der Waals surface area (Å²) in [5.41, 5.74) is 3.78. The van der Waals surface area contributed by atoms with E-state index in [1.54, 1.807) is 24.6 Å². The van der Waals surface area contributed by atoms with Crippen LogP contribution in [0.5, 0.6) is 5.88 Å². The van der Waals surface area contributed by atoms with Crippen molar-refractivity contribution >= 4 is 38.3 Å². The molecule has 1 aromatic carbocycles. The lowest BCUT2D eigenvalue weighted by molar-refractivity contribution is 0.397. The highest BCUT2D eigenvalue weighted by Crippen LogP contribution is 2.32. The molecule has 0 radical (unpaired) electrons. The summed E-state index contributed by atoms with van der Waals surface area (Å²) in [5.74, 6) is 0.518. The fourth-order valence-corrected chi connectivity index (χ4v) is 3.16. The van der Waals surface area contributed by atoms with Crippen LogP contribution in [0.15, 0.2) is 28.3 Å². The molecule has 19 heavy (non-hydrogen) atoms. The van der Waals surface area contributed by atoms with Gasteiger partial charge in [0.05, 0.1) is 24.3 Å². The van der Waals surface area contributed by atoms with E-state index in [1.807, 2.05) is 18.4 Å². The minimum absolute atomic E-state index is 0.518. The lowest BCUT2D eigenvalue weighted by atomic mass is 10.1. The van der Waals surface area contributed by atoms with Crippen LogP contribution in [0.25, 0.3) is 21.6 Å². The molecule has 0 atom stereocenters. The quantitative estimate of drug-likeness (QED) is 0.714. The molecule has 4 nitrogen and oxygen atoms in total. The highest BCUT2D eigenvalue weighted by atomic mass is 79.9. The summed E-state index contributed by atoms with van der Waals surface area (Å²) in [4.78, 5) is 13.3. The fourth-order valence-electron chi connectivity index (χ4n) is 1.89. The number of nitrogens with zero attached hydrogens (tertiary/aromatic N) is 3. The first-order valence-corrected chi connectivity index (χ1v) is 7.27. The molecular formula is C13H10BrN3OS. The van der Waals surface area contributed by atoms with Gasteiger partial charge in [0.15, 0.2) is 0 Å². The van der Waals surface area contributed by atoms with Crippen molar-refractivity contribution in [2.24, 2.45) is 0 Å². The molecule has 0 N–H and O–H groups in total. The summed E-state index contributed by atoms with van der Waals surface area (Å²) in [7, 11) is 1.59. The topological polar surface area (TPSA) is 47.9 Å². The minimum atomic E-state index is 0.518. The Morgan fingerprint density at radius 3 is 2.79 bits per heavy atom. The third kappa shape index (κ3) is 2.33. The van der Waals surface area contributed by atoms with Crippen molar-refractivity contribution in [1.29, 1.82) is 0 Å². The minimum Gasteiger partial charge on any atom is -0.480 e. The van der Waals surface area contributed by atoms with Gasteiger partial charge in [0.25, 0.3) is 0 Å². The number of thiazole rings is 1. The number of ether oxygens (including phenoxy) is 1. The molecule has 0 saturated heterocycles. The molecule has 0 bridgehead atoms. The Bertz CT molecular complexity index is 757. The maximum atomic E-state index is 5.12. The van der Waals surface area contributed by atoms with Crippen LogP contribution in [0.3, 0.4) is 0 Å². The molecule has 2 aromatic heterocycles. The highest BCUT2D eigenvalue weighted by molar-refractivity contribution is 9.10. The molecule has 0 saturated carbocycles. The Morgan fingerprint density at radius 1 is 1.26 bits per heavy atom.